The van der Waals surface area contributed by atoms with Gasteiger partial charge < -0.3 is 21.1 Å². The molecule has 6 nitrogen and oxygen atoms in total. The first-order chi connectivity index (χ1) is 12.1. The molecule has 7 heteroatoms. The SMILES string of the molecule is Cl.NC1(C(=O)Nc2ccc(C(=O)NC3CCCCC3)cc2)CCOCC1. The fourth-order valence-electron chi connectivity index (χ4n) is 3.44. The highest BCUT2D eigenvalue weighted by Crippen LogP contribution is 2.21. The summed E-state index contributed by atoms with van der Waals surface area (Å²) in [6, 6.07) is 7.25. The average Bonchev–Trinajstić information content (AvgIpc) is 2.64. The minimum absolute atomic E-state index is 0. The zero-order valence-electron chi connectivity index (χ0n) is 15.0. The molecule has 0 unspecified atom stereocenters. The molecule has 1 aromatic rings. The van der Waals surface area contributed by atoms with E-state index in [4.69, 9.17) is 10.5 Å². The van der Waals surface area contributed by atoms with Gasteiger partial charge in [-0.1, -0.05) is 19.3 Å². The Morgan fingerprint density at radius 2 is 1.65 bits per heavy atom. The average molecular weight is 382 g/mol. The summed E-state index contributed by atoms with van der Waals surface area (Å²) in [5.41, 5.74) is 6.55. The Labute approximate surface area is 160 Å². The van der Waals surface area contributed by atoms with Gasteiger partial charge in [-0.05, 0) is 49.9 Å². The molecule has 0 bridgehead atoms. The molecule has 2 aliphatic rings. The van der Waals surface area contributed by atoms with Crippen molar-refractivity contribution in [3.8, 4) is 0 Å². The van der Waals surface area contributed by atoms with Crippen LogP contribution in [0, 0.1) is 0 Å². The van der Waals surface area contributed by atoms with Gasteiger partial charge in [0.2, 0.25) is 5.91 Å². The van der Waals surface area contributed by atoms with Crippen LogP contribution in [0.1, 0.15) is 55.3 Å². The summed E-state index contributed by atoms with van der Waals surface area (Å²) in [5, 5.41) is 5.94. The van der Waals surface area contributed by atoms with Gasteiger partial charge in [0.15, 0.2) is 0 Å². The van der Waals surface area contributed by atoms with E-state index in [0.717, 1.165) is 12.8 Å². The van der Waals surface area contributed by atoms with E-state index < -0.39 is 5.54 Å². The highest BCUT2D eigenvalue weighted by Gasteiger charge is 2.35. The van der Waals surface area contributed by atoms with Crippen molar-refractivity contribution in [2.75, 3.05) is 18.5 Å². The van der Waals surface area contributed by atoms with Crippen LogP contribution in [0.4, 0.5) is 5.69 Å². The van der Waals surface area contributed by atoms with Gasteiger partial charge in [0.25, 0.3) is 5.91 Å². The molecule has 3 rings (SSSR count). The molecular formula is C19H28ClN3O3. The van der Waals surface area contributed by atoms with E-state index in [1.165, 1.54) is 19.3 Å². The Morgan fingerprint density at radius 1 is 1.04 bits per heavy atom. The lowest BCUT2D eigenvalue weighted by atomic mass is 9.90. The standard InChI is InChI=1S/C19H27N3O3.ClH/c20-19(10-12-25-13-11-19)18(24)22-16-8-6-14(7-9-16)17(23)21-15-4-2-1-3-5-15;/h6-9,15H,1-5,10-13,20H2,(H,21,23)(H,22,24);1H. The smallest absolute Gasteiger partial charge is 0.251 e. The second-order valence-electron chi connectivity index (χ2n) is 7.11. The van der Waals surface area contributed by atoms with E-state index in [2.05, 4.69) is 10.6 Å². The van der Waals surface area contributed by atoms with Gasteiger partial charge in [-0.2, -0.15) is 0 Å². The molecule has 1 saturated carbocycles. The molecule has 0 radical (unpaired) electrons. The molecule has 2 amide bonds. The summed E-state index contributed by atoms with van der Waals surface area (Å²) in [6.45, 7) is 1.01. The normalized spacial score (nSPS) is 19.9. The molecule has 26 heavy (non-hydrogen) atoms. The van der Waals surface area contributed by atoms with Crippen LogP contribution in [-0.2, 0) is 9.53 Å². The Bertz CT molecular complexity index is 609. The van der Waals surface area contributed by atoms with Crippen molar-refractivity contribution in [1.29, 1.82) is 0 Å². The maximum atomic E-state index is 12.4. The van der Waals surface area contributed by atoms with Gasteiger partial charge in [-0.25, -0.2) is 0 Å². The Morgan fingerprint density at radius 3 is 2.27 bits per heavy atom. The number of hydrogen-bond donors (Lipinski definition) is 3. The zero-order valence-corrected chi connectivity index (χ0v) is 15.8. The molecular weight excluding hydrogens is 354 g/mol. The van der Waals surface area contributed by atoms with Crippen molar-refractivity contribution in [2.24, 2.45) is 5.73 Å². The maximum Gasteiger partial charge on any atom is 0.251 e. The van der Waals surface area contributed by atoms with Gasteiger partial charge in [0.1, 0.15) is 5.54 Å². The fourth-order valence-corrected chi connectivity index (χ4v) is 3.44. The zero-order chi connectivity index (χ0) is 17.7. The van der Waals surface area contributed by atoms with Crippen LogP contribution in [0.15, 0.2) is 24.3 Å². The topological polar surface area (TPSA) is 93.5 Å². The summed E-state index contributed by atoms with van der Waals surface area (Å²) < 4.78 is 5.27. The number of nitrogens with two attached hydrogens (primary N) is 1. The lowest BCUT2D eigenvalue weighted by molar-refractivity contribution is -0.124. The lowest BCUT2D eigenvalue weighted by Crippen LogP contribution is -2.54. The predicted molar refractivity (Wildman–Crippen MR) is 104 cm³/mol. The number of rotatable bonds is 4. The summed E-state index contributed by atoms with van der Waals surface area (Å²) >= 11 is 0. The van der Waals surface area contributed by atoms with Crippen molar-refractivity contribution in [1.82, 2.24) is 5.32 Å². The van der Waals surface area contributed by atoms with Crippen molar-refractivity contribution < 1.29 is 14.3 Å². The number of anilines is 1. The second-order valence-corrected chi connectivity index (χ2v) is 7.11. The van der Waals surface area contributed by atoms with Crippen molar-refractivity contribution in [3.63, 3.8) is 0 Å². The summed E-state index contributed by atoms with van der Waals surface area (Å²) in [4.78, 5) is 24.7. The first-order valence-electron chi connectivity index (χ1n) is 9.16. The van der Waals surface area contributed by atoms with Gasteiger partial charge in [0.05, 0.1) is 0 Å². The number of carbonyl (C=O) groups is 2. The largest absolute Gasteiger partial charge is 0.381 e. The number of hydrogen-bond acceptors (Lipinski definition) is 4. The van der Waals surface area contributed by atoms with Crippen molar-refractivity contribution in [2.45, 2.75) is 56.5 Å². The Kier molecular flexibility index (Phi) is 7.43. The van der Waals surface area contributed by atoms with Gasteiger partial charge in [0, 0.05) is 30.5 Å². The fraction of sp³-hybridized carbons (Fsp3) is 0.579. The maximum absolute atomic E-state index is 12.4. The monoisotopic (exact) mass is 381 g/mol. The van der Waals surface area contributed by atoms with E-state index in [-0.39, 0.29) is 30.3 Å². The van der Waals surface area contributed by atoms with Crippen LogP contribution in [0.25, 0.3) is 0 Å². The minimum atomic E-state index is -0.880. The molecule has 4 N–H and O–H groups in total. The molecule has 144 valence electrons. The molecule has 1 aliphatic carbocycles. The van der Waals surface area contributed by atoms with E-state index >= 15 is 0 Å². The third-order valence-corrected chi connectivity index (χ3v) is 5.18. The first kappa shape index (κ1) is 20.7. The molecule has 0 atom stereocenters. The Balaban J connectivity index is 0.00000243. The number of nitrogens with one attached hydrogen (secondary N) is 2. The van der Waals surface area contributed by atoms with Gasteiger partial charge in [-0.3, -0.25) is 9.59 Å². The molecule has 0 aromatic heterocycles. The van der Waals surface area contributed by atoms with Crippen LogP contribution in [0.2, 0.25) is 0 Å². The van der Waals surface area contributed by atoms with Crippen LogP contribution < -0.4 is 16.4 Å². The van der Waals surface area contributed by atoms with Gasteiger partial charge >= 0.3 is 0 Å². The quantitative estimate of drug-likeness (QED) is 0.747. The number of ether oxygens (including phenoxy) is 1. The molecule has 1 heterocycles. The van der Waals surface area contributed by atoms with Crippen LogP contribution >= 0.6 is 12.4 Å². The molecule has 1 aromatic carbocycles. The van der Waals surface area contributed by atoms with Crippen LogP contribution in [0.3, 0.4) is 0 Å². The third kappa shape index (κ3) is 5.19. The first-order valence-corrected chi connectivity index (χ1v) is 9.16. The number of amides is 2. The highest BCUT2D eigenvalue weighted by molar-refractivity contribution is 5.99. The third-order valence-electron chi connectivity index (χ3n) is 5.18. The van der Waals surface area contributed by atoms with Gasteiger partial charge in [-0.15, -0.1) is 12.4 Å². The van der Waals surface area contributed by atoms with Crippen LogP contribution in [-0.4, -0.2) is 36.6 Å². The molecule has 1 saturated heterocycles. The van der Waals surface area contributed by atoms with E-state index in [9.17, 15) is 9.59 Å². The number of benzene rings is 1. The van der Waals surface area contributed by atoms with Crippen LogP contribution in [0.5, 0.6) is 0 Å². The summed E-state index contributed by atoms with van der Waals surface area (Å²) in [5.74, 6) is -0.250. The molecule has 0 spiro atoms. The number of halogens is 1. The predicted octanol–water partition coefficient (Wildman–Crippen LogP) is 2.62. The Hall–Kier alpha value is -1.63. The van der Waals surface area contributed by atoms with E-state index in [0.29, 0.717) is 37.3 Å². The van der Waals surface area contributed by atoms with Crippen molar-refractivity contribution >= 4 is 29.9 Å². The number of carbonyl (C=O) groups excluding carboxylic acids is 2. The lowest BCUT2D eigenvalue weighted by Gasteiger charge is -2.31. The summed E-state index contributed by atoms with van der Waals surface area (Å²) in [7, 11) is 0. The van der Waals surface area contributed by atoms with E-state index in [1.807, 2.05) is 0 Å². The minimum Gasteiger partial charge on any atom is -0.381 e. The summed E-state index contributed by atoms with van der Waals surface area (Å²) in [6.07, 6.45) is 6.77. The van der Waals surface area contributed by atoms with Crippen molar-refractivity contribution in [3.05, 3.63) is 29.8 Å². The van der Waals surface area contributed by atoms with E-state index in [1.54, 1.807) is 24.3 Å². The highest BCUT2D eigenvalue weighted by atomic mass is 35.5. The second kappa shape index (κ2) is 9.35. The molecule has 2 fully saturated rings. The molecule has 1 aliphatic heterocycles.